The third-order valence-corrected chi connectivity index (χ3v) is 6.58. The van der Waals surface area contributed by atoms with Crippen LogP contribution in [0.3, 0.4) is 0 Å². The second-order valence-corrected chi connectivity index (χ2v) is 9.27. The largest absolute Gasteiger partial charge is 0.383 e. The minimum absolute atomic E-state index is 0.187. The molecule has 12 heteroatoms. The van der Waals surface area contributed by atoms with Gasteiger partial charge in [-0.25, -0.2) is 9.97 Å². The van der Waals surface area contributed by atoms with Crippen molar-refractivity contribution < 1.29 is 4.52 Å². The van der Waals surface area contributed by atoms with E-state index in [4.69, 9.17) is 21.9 Å². The Morgan fingerprint density at radius 3 is 2.86 bits per heavy atom. The zero-order valence-electron chi connectivity index (χ0n) is 19.5. The molecule has 1 saturated carbocycles. The number of aromatic amines is 1. The van der Waals surface area contributed by atoms with E-state index in [9.17, 15) is 4.79 Å². The van der Waals surface area contributed by atoms with Crippen LogP contribution in [0.1, 0.15) is 48.9 Å². The van der Waals surface area contributed by atoms with Gasteiger partial charge in [0.15, 0.2) is 11.6 Å². The third-order valence-electron chi connectivity index (χ3n) is 6.27. The number of anilines is 2. The van der Waals surface area contributed by atoms with Crippen molar-refractivity contribution in [2.75, 3.05) is 11.1 Å². The zero-order valence-corrected chi connectivity index (χ0v) is 20.2. The standard InChI is InChI=1S/C24H22ClN9O2/c1-11(29-22-20(21(26)27-10-28-22)23-30-12(2)33-36-23)17-8-14-4-3-5-15(25)19(14)24(35)34(17)18-9-16(31-32-18)13-6-7-13/h3-5,8-11,13H,6-7H2,1-2H3,(H,31,32)(H3,26,27,28,29). The minimum Gasteiger partial charge on any atom is -0.383 e. The highest BCUT2D eigenvalue weighted by atomic mass is 35.5. The lowest BCUT2D eigenvalue weighted by molar-refractivity contribution is 0.425. The number of H-pyrrole nitrogens is 1. The van der Waals surface area contributed by atoms with E-state index in [1.54, 1.807) is 17.6 Å². The van der Waals surface area contributed by atoms with Crippen molar-refractivity contribution in [2.24, 2.45) is 0 Å². The average molecular weight is 504 g/mol. The molecule has 4 N–H and O–H groups in total. The van der Waals surface area contributed by atoms with E-state index in [0.29, 0.717) is 45.0 Å². The Balaban J connectivity index is 1.49. The van der Waals surface area contributed by atoms with Gasteiger partial charge in [0.05, 0.1) is 22.1 Å². The predicted octanol–water partition coefficient (Wildman–Crippen LogP) is 4.15. The number of rotatable bonds is 6. The summed E-state index contributed by atoms with van der Waals surface area (Å²) >= 11 is 6.45. The molecular formula is C24H22ClN9O2. The van der Waals surface area contributed by atoms with Crippen LogP contribution in [0.25, 0.3) is 28.0 Å². The van der Waals surface area contributed by atoms with Gasteiger partial charge in [-0.05, 0) is 44.2 Å². The van der Waals surface area contributed by atoms with Gasteiger partial charge in [0, 0.05) is 17.7 Å². The van der Waals surface area contributed by atoms with E-state index in [1.165, 1.54) is 6.33 Å². The fourth-order valence-corrected chi connectivity index (χ4v) is 4.60. The van der Waals surface area contributed by atoms with Gasteiger partial charge >= 0.3 is 0 Å². The Morgan fingerprint density at radius 2 is 2.11 bits per heavy atom. The zero-order chi connectivity index (χ0) is 25.0. The van der Waals surface area contributed by atoms with Crippen molar-refractivity contribution in [2.45, 2.75) is 38.6 Å². The van der Waals surface area contributed by atoms with Crippen molar-refractivity contribution in [3.8, 4) is 17.3 Å². The molecule has 0 spiro atoms. The van der Waals surface area contributed by atoms with E-state index < -0.39 is 6.04 Å². The second kappa shape index (κ2) is 8.45. The van der Waals surface area contributed by atoms with Crippen LogP contribution in [0.2, 0.25) is 5.02 Å². The summed E-state index contributed by atoms with van der Waals surface area (Å²) in [5.41, 5.74) is 7.95. The Morgan fingerprint density at radius 1 is 1.28 bits per heavy atom. The Kier molecular flexibility index (Phi) is 5.22. The Labute approximate surface area is 209 Å². The van der Waals surface area contributed by atoms with Crippen molar-refractivity contribution in [3.63, 3.8) is 0 Å². The molecule has 182 valence electrons. The van der Waals surface area contributed by atoms with Crippen molar-refractivity contribution in [1.82, 2.24) is 34.9 Å². The summed E-state index contributed by atoms with van der Waals surface area (Å²) in [7, 11) is 0. The van der Waals surface area contributed by atoms with E-state index in [-0.39, 0.29) is 17.3 Å². The molecule has 0 saturated heterocycles. The quantitative estimate of drug-likeness (QED) is 0.310. The van der Waals surface area contributed by atoms with Crippen LogP contribution in [0, 0.1) is 6.92 Å². The molecule has 36 heavy (non-hydrogen) atoms. The maximum absolute atomic E-state index is 13.8. The lowest BCUT2D eigenvalue weighted by Gasteiger charge is -2.21. The molecule has 1 unspecified atom stereocenters. The molecule has 0 amide bonds. The number of nitrogens with one attached hydrogen (secondary N) is 2. The fourth-order valence-electron chi connectivity index (χ4n) is 4.34. The molecule has 0 bridgehead atoms. The van der Waals surface area contributed by atoms with E-state index in [2.05, 4.69) is 35.6 Å². The van der Waals surface area contributed by atoms with Gasteiger partial charge in [0.25, 0.3) is 11.4 Å². The van der Waals surface area contributed by atoms with Crippen molar-refractivity contribution in [3.05, 3.63) is 69.2 Å². The summed E-state index contributed by atoms with van der Waals surface area (Å²) in [5, 5.41) is 16.3. The van der Waals surface area contributed by atoms with Crippen molar-refractivity contribution in [1.29, 1.82) is 0 Å². The topological polar surface area (TPSA) is 153 Å². The van der Waals surface area contributed by atoms with Crippen LogP contribution >= 0.6 is 11.6 Å². The van der Waals surface area contributed by atoms with Crippen LogP contribution < -0.4 is 16.6 Å². The Hall–Kier alpha value is -4.25. The van der Waals surface area contributed by atoms with Gasteiger partial charge in [-0.3, -0.25) is 14.5 Å². The highest BCUT2D eigenvalue weighted by molar-refractivity contribution is 6.35. The number of nitrogens with two attached hydrogens (primary N) is 1. The first-order valence-corrected chi connectivity index (χ1v) is 11.9. The average Bonchev–Trinajstić information content (AvgIpc) is 3.43. The fraction of sp³-hybridized carbons (Fsp3) is 0.250. The van der Waals surface area contributed by atoms with Crippen LogP contribution in [0.4, 0.5) is 11.6 Å². The first-order chi connectivity index (χ1) is 17.4. The molecule has 11 nitrogen and oxygen atoms in total. The van der Waals surface area contributed by atoms with Crippen LogP contribution in [-0.2, 0) is 0 Å². The summed E-state index contributed by atoms with van der Waals surface area (Å²) < 4.78 is 6.91. The van der Waals surface area contributed by atoms with Crippen LogP contribution in [0.5, 0.6) is 0 Å². The van der Waals surface area contributed by atoms with Gasteiger partial charge in [-0.2, -0.15) is 10.1 Å². The molecule has 1 aliphatic rings. The number of halogens is 1. The molecule has 6 rings (SSSR count). The van der Waals surface area contributed by atoms with Gasteiger partial charge in [-0.1, -0.05) is 28.9 Å². The first-order valence-electron chi connectivity index (χ1n) is 11.5. The summed E-state index contributed by atoms with van der Waals surface area (Å²) in [6, 6.07) is 8.81. The summed E-state index contributed by atoms with van der Waals surface area (Å²) in [6.07, 6.45) is 3.57. The highest BCUT2D eigenvalue weighted by Crippen LogP contribution is 2.39. The predicted molar refractivity (Wildman–Crippen MR) is 135 cm³/mol. The number of nitrogen functional groups attached to an aromatic ring is 1. The van der Waals surface area contributed by atoms with Gasteiger partial charge in [-0.15, -0.1) is 0 Å². The summed E-state index contributed by atoms with van der Waals surface area (Å²) in [6.45, 7) is 3.62. The van der Waals surface area contributed by atoms with Gasteiger partial charge < -0.3 is 15.6 Å². The lowest BCUT2D eigenvalue weighted by Crippen LogP contribution is -2.26. The number of nitrogens with zero attached hydrogens (tertiary/aromatic N) is 6. The molecule has 1 aromatic carbocycles. The number of aryl methyl sites for hydroxylation is 1. The van der Waals surface area contributed by atoms with Gasteiger partial charge in [0.2, 0.25) is 0 Å². The number of aromatic nitrogens is 7. The number of benzene rings is 1. The smallest absolute Gasteiger partial charge is 0.266 e. The van der Waals surface area contributed by atoms with E-state index >= 15 is 0 Å². The normalized spacial score (nSPS) is 14.3. The monoisotopic (exact) mass is 503 g/mol. The summed E-state index contributed by atoms with van der Waals surface area (Å²) in [5.74, 6) is 2.19. The maximum Gasteiger partial charge on any atom is 0.266 e. The SMILES string of the molecule is Cc1noc(-c2c(N)ncnc2NC(C)c2cc3cccc(Cl)c3c(=O)n2-c2cc(C3CC3)[nH]n2)n1. The maximum atomic E-state index is 13.8. The number of hydrogen-bond acceptors (Lipinski definition) is 9. The molecule has 4 heterocycles. The molecule has 1 aliphatic carbocycles. The number of hydrogen-bond donors (Lipinski definition) is 3. The molecule has 0 aliphatic heterocycles. The molecule has 1 atom stereocenters. The summed E-state index contributed by atoms with van der Waals surface area (Å²) in [4.78, 5) is 26.5. The molecule has 4 aromatic heterocycles. The van der Waals surface area contributed by atoms with Crippen molar-refractivity contribution >= 4 is 34.0 Å². The number of fused-ring (bicyclic) bond motifs is 1. The molecule has 0 radical (unpaired) electrons. The highest BCUT2D eigenvalue weighted by Gasteiger charge is 2.27. The van der Waals surface area contributed by atoms with Crippen LogP contribution in [-0.4, -0.2) is 34.9 Å². The minimum atomic E-state index is -0.417. The molecular weight excluding hydrogens is 482 g/mol. The number of pyridine rings is 1. The lowest BCUT2D eigenvalue weighted by atomic mass is 10.1. The second-order valence-electron chi connectivity index (χ2n) is 8.86. The van der Waals surface area contributed by atoms with E-state index in [1.807, 2.05) is 31.2 Å². The first kappa shape index (κ1) is 22.2. The van der Waals surface area contributed by atoms with E-state index in [0.717, 1.165) is 23.9 Å². The third kappa shape index (κ3) is 3.77. The van der Waals surface area contributed by atoms with Crippen LogP contribution in [0.15, 0.2) is 46.0 Å². The Bertz CT molecular complexity index is 1670. The molecule has 1 fully saturated rings. The molecule has 5 aromatic rings. The van der Waals surface area contributed by atoms with Gasteiger partial charge in [0.1, 0.15) is 23.5 Å².